The van der Waals surface area contributed by atoms with Gasteiger partial charge >= 0.3 is 5.97 Å². The molecule has 0 bridgehead atoms. The Morgan fingerprint density at radius 3 is 2.62 bits per heavy atom. The molecule has 138 valence electrons. The van der Waals surface area contributed by atoms with E-state index in [0.29, 0.717) is 22.2 Å². The summed E-state index contributed by atoms with van der Waals surface area (Å²) in [6.45, 7) is 0.500. The second-order valence-corrected chi connectivity index (χ2v) is 8.07. The van der Waals surface area contributed by atoms with Crippen LogP contribution in [-0.4, -0.2) is 45.2 Å². The number of carbonyl (C=O) groups is 3. The van der Waals surface area contributed by atoms with Crippen molar-refractivity contribution in [1.29, 1.82) is 0 Å². The Labute approximate surface area is 169 Å². The summed E-state index contributed by atoms with van der Waals surface area (Å²) in [5, 5.41) is 11.2. The molecule has 0 spiro atoms. The largest absolute Gasteiger partial charge is 0.481 e. The molecule has 6 nitrogen and oxygen atoms in total. The highest BCUT2D eigenvalue weighted by Gasteiger charge is 2.31. The average molecular weight is 457 g/mol. The SMILES string of the molecule is O=C(O)CCCNC(=O)CCN1C(=O)/C(=C/c2ccc(Br)cc2)SC1=S. The molecule has 1 aliphatic rings. The molecule has 26 heavy (non-hydrogen) atoms. The highest BCUT2D eigenvalue weighted by atomic mass is 79.9. The van der Waals surface area contributed by atoms with Crippen molar-refractivity contribution in [2.75, 3.05) is 13.1 Å². The van der Waals surface area contributed by atoms with E-state index in [4.69, 9.17) is 17.3 Å². The number of benzene rings is 1. The minimum absolute atomic E-state index is 0.00975. The van der Waals surface area contributed by atoms with E-state index in [2.05, 4.69) is 21.2 Å². The van der Waals surface area contributed by atoms with Gasteiger partial charge in [0.1, 0.15) is 4.32 Å². The van der Waals surface area contributed by atoms with Crippen LogP contribution in [0, 0.1) is 0 Å². The third-order valence-electron chi connectivity index (χ3n) is 3.49. The number of amides is 2. The molecule has 2 rings (SSSR count). The Balaban J connectivity index is 1.85. The van der Waals surface area contributed by atoms with Crippen LogP contribution in [0.2, 0.25) is 0 Å². The minimum Gasteiger partial charge on any atom is -0.481 e. The lowest BCUT2D eigenvalue weighted by molar-refractivity contribution is -0.137. The van der Waals surface area contributed by atoms with E-state index in [1.54, 1.807) is 6.08 Å². The second kappa shape index (κ2) is 9.84. The first-order chi connectivity index (χ1) is 12.4. The topological polar surface area (TPSA) is 86.7 Å². The van der Waals surface area contributed by atoms with E-state index in [-0.39, 0.29) is 31.2 Å². The second-order valence-electron chi connectivity index (χ2n) is 5.48. The highest BCUT2D eigenvalue weighted by Crippen LogP contribution is 2.32. The molecule has 1 aromatic rings. The zero-order chi connectivity index (χ0) is 19.1. The molecule has 1 saturated heterocycles. The lowest BCUT2D eigenvalue weighted by atomic mass is 10.2. The molecule has 0 unspecified atom stereocenters. The number of hydrogen-bond acceptors (Lipinski definition) is 5. The summed E-state index contributed by atoms with van der Waals surface area (Å²) in [6.07, 6.45) is 2.27. The summed E-state index contributed by atoms with van der Waals surface area (Å²) >= 11 is 9.82. The number of halogens is 1. The van der Waals surface area contributed by atoms with Gasteiger partial charge in [0.15, 0.2) is 0 Å². The molecule has 1 aromatic carbocycles. The number of thiocarbonyl (C=S) groups is 1. The van der Waals surface area contributed by atoms with Crippen LogP contribution in [0.15, 0.2) is 33.6 Å². The van der Waals surface area contributed by atoms with Gasteiger partial charge in [-0.3, -0.25) is 19.3 Å². The molecule has 1 fully saturated rings. The molecular formula is C17H17BrN2O4S2. The maximum Gasteiger partial charge on any atom is 0.303 e. The van der Waals surface area contributed by atoms with Crippen LogP contribution < -0.4 is 5.32 Å². The molecular weight excluding hydrogens is 440 g/mol. The van der Waals surface area contributed by atoms with Crippen molar-refractivity contribution < 1.29 is 19.5 Å². The number of carboxylic acid groups (broad SMARTS) is 1. The summed E-state index contributed by atoms with van der Waals surface area (Å²) in [4.78, 5) is 36.6. The Morgan fingerprint density at radius 2 is 1.96 bits per heavy atom. The maximum absolute atomic E-state index is 12.5. The zero-order valence-electron chi connectivity index (χ0n) is 13.7. The number of nitrogens with one attached hydrogen (secondary N) is 1. The number of rotatable bonds is 8. The van der Waals surface area contributed by atoms with E-state index in [9.17, 15) is 14.4 Å². The summed E-state index contributed by atoms with van der Waals surface area (Å²) in [7, 11) is 0. The summed E-state index contributed by atoms with van der Waals surface area (Å²) in [5.41, 5.74) is 0.893. The van der Waals surface area contributed by atoms with E-state index >= 15 is 0 Å². The van der Waals surface area contributed by atoms with E-state index in [1.165, 1.54) is 16.7 Å². The summed E-state index contributed by atoms with van der Waals surface area (Å²) in [5.74, 6) is -1.34. The van der Waals surface area contributed by atoms with Gasteiger partial charge in [-0.2, -0.15) is 0 Å². The van der Waals surface area contributed by atoms with Crippen LogP contribution in [0.3, 0.4) is 0 Å². The summed E-state index contributed by atoms with van der Waals surface area (Å²) in [6, 6.07) is 7.56. The van der Waals surface area contributed by atoms with Gasteiger partial charge in [-0.1, -0.05) is 52.0 Å². The molecule has 2 N–H and O–H groups in total. The minimum atomic E-state index is -0.894. The van der Waals surface area contributed by atoms with E-state index < -0.39 is 5.97 Å². The van der Waals surface area contributed by atoms with Crippen LogP contribution in [0.5, 0.6) is 0 Å². The fourth-order valence-electron chi connectivity index (χ4n) is 2.17. The standard InChI is InChI=1S/C17H17BrN2O4S2/c18-12-5-3-11(4-6-12)10-13-16(24)20(17(25)26-13)9-7-14(21)19-8-1-2-15(22)23/h3-6,10H,1-2,7-9H2,(H,19,21)(H,22,23)/b13-10-. The first-order valence-electron chi connectivity index (χ1n) is 7.86. The smallest absolute Gasteiger partial charge is 0.303 e. The van der Waals surface area contributed by atoms with Gasteiger partial charge in [-0.15, -0.1) is 0 Å². The molecule has 0 aliphatic carbocycles. The molecule has 0 radical (unpaired) electrons. The lowest BCUT2D eigenvalue weighted by Crippen LogP contribution is -2.33. The fraction of sp³-hybridized carbons (Fsp3) is 0.294. The van der Waals surface area contributed by atoms with Gasteiger partial charge < -0.3 is 10.4 Å². The van der Waals surface area contributed by atoms with Crippen LogP contribution in [0.1, 0.15) is 24.8 Å². The van der Waals surface area contributed by atoms with Crippen LogP contribution in [0.4, 0.5) is 0 Å². The van der Waals surface area contributed by atoms with Gasteiger partial charge in [-0.25, -0.2) is 0 Å². The predicted octanol–water partition coefficient (Wildman–Crippen LogP) is 3.02. The first kappa shape index (κ1) is 20.6. The van der Waals surface area contributed by atoms with Gasteiger partial charge in [0.25, 0.3) is 5.91 Å². The lowest BCUT2D eigenvalue weighted by Gasteiger charge is -2.14. The Kier molecular flexibility index (Phi) is 7.80. The Hall–Kier alpha value is -1.71. The first-order valence-corrected chi connectivity index (χ1v) is 9.88. The van der Waals surface area contributed by atoms with Crippen molar-refractivity contribution in [2.24, 2.45) is 0 Å². The molecule has 9 heteroatoms. The fourth-order valence-corrected chi connectivity index (χ4v) is 3.75. The molecule has 0 saturated carbocycles. The average Bonchev–Trinajstić information content (AvgIpc) is 2.85. The normalized spacial score (nSPS) is 15.6. The van der Waals surface area contributed by atoms with Crippen molar-refractivity contribution in [2.45, 2.75) is 19.3 Å². The number of carboxylic acids is 1. The van der Waals surface area contributed by atoms with Crippen LogP contribution >= 0.6 is 39.9 Å². The third-order valence-corrected chi connectivity index (χ3v) is 5.40. The van der Waals surface area contributed by atoms with Crippen molar-refractivity contribution in [3.05, 3.63) is 39.2 Å². The number of hydrogen-bond donors (Lipinski definition) is 2. The zero-order valence-corrected chi connectivity index (χ0v) is 17.0. The van der Waals surface area contributed by atoms with Gasteiger partial charge in [0.2, 0.25) is 5.91 Å². The van der Waals surface area contributed by atoms with Crippen molar-refractivity contribution in [1.82, 2.24) is 10.2 Å². The van der Waals surface area contributed by atoms with E-state index in [0.717, 1.165) is 10.0 Å². The highest BCUT2D eigenvalue weighted by molar-refractivity contribution is 9.10. The summed E-state index contributed by atoms with van der Waals surface area (Å²) < 4.78 is 1.38. The third kappa shape index (κ3) is 6.22. The predicted molar refractivity (Wildman–Crippen MR) is 109 cm³/mol. The maximum atomic E-state index is 12.5. The molecule has 2 amide bonds. The molecule has 0 atom stereocenters. The quantitative estimate of drug-likeness (QED) is 0.355. The number of thioether (sulfide) groups is 1. The molecule has 1 aliphatic heterocycles. The Morgan fingerprint density at radius 1 is 1.27 bits per heavy atom. The van der Waals surface area contributed by atoms with Crippen LogP contribution in [0.25, 0.3) is 6.08 Å². The number of aliphatic carboxylic acids is 1. The monoisotopic (exact) mass is 456 g/mol. The van der Waals surface area contributed by atoms with Crippen molar-refractivity contribution in [3.63, 3.8) is 0 Å². The van der Waals surface area contributed by atoms with E-state index in [1.807, 2.05) is 24.3 Å². The molecule has 1 heterocycles. The number of carbonyl (C=O) groups excluding carboxylic acids is 2. The van der Waals surface area contributed by atoms with Crippen LogP contribution in [-0.2, 0) is 14.4 Å². The van der Waals surface area contributed by atoms with Gasteiger partial charge in [0, 0.05) is 30.4 Å². The number of nitrogens with zero attached hydrogens (tertiary/aromatic N) is 1. The van der Waals surface area contributed by atoms with Crippen molar-refractivity contribution >= 4 is 68.1 Å². The van der Waals surface area contributed by atoms with Gasteiger partial charge in [-0.05, 0) is 30.2 Å². The molecule has 0 aromatic heterocycles. The van der Waals surface area contributed by atoms with Crippen molar-refractivity contribution in [3.8, 4) is 0 Å². The van der Waals surface area contributed by atoms with Gasteiger partial charge in [0.05, 0.1) is 4.91 Å². The Bertz CT molecular complexity index is 750.